The van der Waals surface area contributed by atoms with Crippen molar-refractivity contribution in [3.63, 3.8) is 0 Å². The Kier molecular flexibility index (Phi) is 5.82. The number of aliphatic carboxylic acids is 1. The van der Waals surface area contributed by atoms with Crippen LogP contribution in [-0.2, 0) is 4.79 Å². The zero-order valence-corrected chi connectivity index (χ0v) is 12.6. The van der Waals surface area contributed by atoms with Gasteiger partial charge < -0.3 is 10.0 Å². The van der Waals surface area contributed by atoms with Crippen molar-refractivity contribution >= 4 is 29.3 Å². The summed E-state index contributed by atoms with van der Waals surface area (Å²) in [6.07, 6.45) is 0. The fraction of sp³-hybridized carbons (Fsp3) is 0.429. The molecule has 0 saturated heterocycles. The molecule has 0 heterocycles. The number of hydrogen-bond donors (Lipinski definition) is 1. The van der Waals surface area contributed by atoms with Crippen LogP contribution in [0.5, 0.6) is 0 Å². The molecule has 20 heavy (non-hydrogen) atoms. The van der Waals surface area contributed by atoms with Gasteiger partial charge in [-0.1, -0.05) is 25.4 Å². The minimum absolute atomic E-state index is 0.306. The molecule has 0 aromatic heterocycles. The second-order valence-electron chi connectivity index (χ2n) is 5.01. The van der Waals surface area contributed by atoms with E-state index >= 15 is 0 Å². The highest BCUT2D eigenvalue weighted by atomic mass is 35.5. The lowest BCUT2D eigenvalue weighted by molar-refractivity contribution is -0.135. The van der Waals surface area contributed by atoms with Crippen molar-refractivity contribution in [2.24, 2.45) is 5.92 Å². The topological polar surface area (TPSA) is 60.9 Å². The van der Waals surface area contributed by atoms with Crippen LogP contribution in [0, 0.1) is 5.92 Å². The first kappa shape index (κ1) is 16.3. The molecule has 0 bridgehead atoms. The van der Waals surface area contributed by atoms with Crippen LogP contribution >= 0.6 is 11.6 Å². The third-order valence-electron chi connectivity index (χ3n) is 2.63. The van der Waals surface area contributed by atoms with Crippen molar-refractivity contribution in [2.75, 3.05) is 25.0 Å². The lowest BCUT2D eigenvalue weighted by atomic mass is 10.2. The van der Waals surface area contributed by atoms with Gasteiger partial charge in [0, 0.05) is 24.3 Å². The number of anilines is 1. The second kappa shape index (κ2) is 7.14. The van der Waals surface area contributed by atoms with Crippen LogP contribution in [-0.4, -0.2) is 42.1 Å². The van der Waals surface area contributed by atoms with Crippen molar-refractivity contribution in [3.8, 4) is 0 Å². The predicted molar refractivity (Wildman–Crippen MR) is 79.3 cm³/mol. The van der Waals surface area contributed by atoms with Crippen LogP contribution in [0.4, 0.5) is 10.5 Å². The molecule has 0 aliphatic heterocycles. The number of carbonyl (C=O) groups excluding carboxylic acids is 1. The number of carboxylic acids is 1. The van der Waals surface area contributed by atoms with Gasteiger partial charge in [0.25, 0.3) is 0 Å². The molecule has 1 aromatic carbocycles. The molecule has 0 aliphatic rings. The fourth-order valence-electron chi connectivity index (χ4n) is 1.86. The molecule has 5 nitrogen and oxygen atoms in total. The van der Waals surface area contributed by atoms with Gasteiger partial charge in [-0.3, -0.25) is 9.69 Å². The molecule has 6 heteroatoms. The number of rotatable bonds is 5. The number of hydrogen-bond acceptors (Lipinski definition) is 2. The fourth-order valence-corrected chi connectivity index (χ4v) is 1.98. The summed E-state index contributed by atoms with van der Waals surface area (Å²) in [4.78, 5) is 26.1. The monoisotopic (exact) mass is 298 g/mol. The number of carbonyl (C=O) groups is 2. The number of halogens is 1. The number of amides is 2. The highest BCUT2D eigenvalue weighted by Crippen LogP contribution is 2.19. The van der Waals surface area contributed by atoms with Crippen LogP contribution in [0.3, 0.4) is 0 Å². The third kappa shape index (κ3) is 4.74. The SMILES string of the molecule is CC(C)CN(C)C(=O)N(CC(=O)O)c1ccc(Cl)cc1. The Morgan fingerprint density at radius 3 is 2.25 bits per heavy atom. The summed E-state index contributed by atoms with van der Waals surface area (Å²) in [5.41, 5.74) is 0.511. The molecule has 0 saturated carbocycles. The Hall–Kier alpha value is -1.75. The van der Waals surface area contributed by atoms with Crippen molar-refractivity contribution < 1.29 is 14.7 Å². The third-order valence-corrected chi connectivity index (χ3v) is 2.88. The molecule has 0 radical (unpaired) electrons. The van der Waals surface area contributed by atoms with Gasteiger partial charge in [-0.2, -0.15) is 0 Å². The van der Waals surface area contributed by atoms with E-state index < -0.39 is 5.97 Å². The zero-order chi connectivity index (χ0) is 15.3. The van der Waals surface area contributed by atoms with E-state index in [1.165, 1.54) is 9.80 Å². The molecule has 110 valence electrons. The maximum Gasteiger partial charge on any atom is 0.324 e. The van der Waals surface area contributed by atoms with E-state index in [4.69, 9.17) is 16.7 Å². The summed E-state index contributed by atoms with van der Waals surface area (Å²) in [5, 5.41) is 9.51. The summed E-state index contributed by atoms with van der Waals surface area (Å²) in [7, 11) is 1.66. The number of benzene rings is 1. The van der Waals surface area contributed by atoms with Gasteiger partial charge in [-0.05, 0) is 30.2 Å². The van der Waals surface area contributed by atoms with Gasteiger partial charge in [0.1, 0.15) is 6.54 Å². The molecule has 0 fully saturated rings. The minimum Gasteiger partial charge on any atom is -0.480 e. The number of nitrogens with zero attached hydrogens (tertiary/aromatic N) is 2. The van der Waals surface area contributed by atoms with Gasteiger partial charge in [0.05, 0.1) is 0 Å². The second-order valence-corrected chi connectivity index (χ2v) is 5.45. The van der Waals surface area contributed by atoms with E-state index in [-0.39, 0.29) is 12.6 Å². The van der Waals surface area contributed by atoms with Crippen LogP contribution in [0.1, 0.15) is 13.8 Å². The van der Waals surface area contributed by atoms with E-state index in [2.05, 4.69) is 0 Å². The van der Waals surface area contributed by atoms with Crippen LogP contribution in [0.25, 0.3) is 0 Å². The highest BCUT2D eigenvalue weighted by Gasteiger charge is 2.22. The predicted octanol–water partition coefficient (Wildman–Crippen LogP) is 2.94. The quantitative estimate of drug-likeness (QED) is 0.909. The molecule has 1 rings (SSSR count). The van der Waals surface area contributed by atoms with Gasteiger partial charge in [0.15, 0.2) is 0 Å². The van der Waals surface area contributed by atoms with Crippen LogP contribution in [0.15, 0.2) is 24.3 Å². The van der Waals surface area contributed by atoms with Crippen molar-refractivity contribution in [2.45, 2.75) is 13.8 Å². The lowest BCUT2D eigenvalue weighted by Crippen LogP contribution is -2.45. The number of urea groups is 1. The Balaban J connectivity index is 2.96. The van der Waals surface area contributed by atoms with Crippen molar-refractivity contribution in [1.82, 2.24) is 4.90 Å². The van der Waals surface area contributed by atoms with Crippen molar-refractivity contribution in [3.05, 3.63) is 29.3 Å². The largest absolute Gasteiger partial charge is 0.480 e. The maximum atomic E-state index is 12.4. The smallest absolute Gasteiger partial charge is 0.324 e. The zero-order valence-electron chi connectivity index (χ0n) is 11.8. The van der Waals surface area contributed by atoms with Gasteiger partial charge >= 0.3 is 12.0 Å². The highest BCUT2D eigenvalue weighted by molar-refractivity contribution is 6.30. The van der Waals surface area contributed by atoms with Crippen molar-refractivity contribution in [1.29, 1.82) is 0 Å². The molecule has 1 N–H and O–H groups in total. The summed E-state index contributed by atoms with van der Waals surface area (Å²) < 4.78 is 0. The first-order valence-corrected chi connectivity index (χ1v) is 6.69. The van der Waals surface area contributed by atoms with Gasteiger partial charge in [0.2, 0.25) is 0 Å². The average molecular weight is 299 g/mol. The summed E-state index contributed by atoms with van der Waals surface area (Å²) >= 11 is 5.80. The molecule has 1 aromatic rings. The van der Waals surface area contributed by atoms with E-state index in [0.29, 0.717) is 23.2 Å². The Labute approximate surface area is 123 Å². The summed E-state index contributed by atoms with van der Waals surface area (Å²) in [5.74, 6) is -0.757. The van der Waals surface area contributed by atoms with Gasteiger partial charge in [-0.15, -0.1) is 0 Å². The molecule has 2 amide bonds. The van der Waals surface area contributed by atoms with Crippen LogP contribution < -0.4 is 4.90 Å². The Morgan fingerprint density at radius 1 is 1.25 bits per heavy atom. The molecular formula is C14H19ClN2O3. The summed E-state index contributed by atoms with van der Waals surface area (Å²) in [6, 6.07) is 6.17. The van der Waals surface area contributed by atoms with E-state index in [9.17, 15) is 9.59 Å². The molecule has 0 atom stereocenters. The van der Waals surface area contributed by atoms with Gasteiger partial charge in [-0.25, -0.2) is 4.79 Å². The van der Waals surface area contributed by atoms with E-state index in [0.717, 1.165) is 0 Å². The first-order chi connectivity index (χ1) is 9.31. The standard InChI is InChI=1S/C14H19ClN2O3/c1-10(2)8-16(3)14(20)17(9-13(18)19)12-6-4-11(15)5-7-12/h4-7,10H,8-9H2,1-3H3,(H,18,19). The van der Waals surface area contributed by atoms with Crippen LogP contribution in [0.2, 0.25) is 5.02 Å². The first-order valence-electron chi connectivity index (χ1n) is 6.31. The number of carboxylic acid groups (broad SMARTS) is 1. The Bertz CT molecular complexity index is 474. The lowest BCUT2D eigenvalue weighted by Gasteiger charge is -2.28. The molecule has 0 aliphatic carbocycles. The molecule has 0 unspecified atom stereocenters. The maximum absolute atomic E-state index is 12.4. The minimum atomic E-state index is -1.06. The normalized spacial score (nSPS) is 10.4. The summed E-state index contributed by atoms with van der Waals surface area (Å²) in [6.45, 7) is 4.16. The molecule has 0 spiro atoms. The Morgan fingerprint density at radius 2 is 1.80 bits per heavy atom. The molecular weight excluding hydrogens is 280 g/mol. The van der Waals surface area contributed by atoms with E-state index in [1.54, 1.807) is 31.3 Å². The average Bonchev–Trinajstić information content (AvgIpc) is 2.35. The van der Waals surface area contributed by atoms with E-state index in [1.807, 2.05) is 13.8 Å².